The van der Waals surface area contributed by atoms with Crippen LogP contribution in [0.3, 0.4) is 0 Å². The number of hydrogen-bond donors (Lipinski definition) is 0. The summed E-state index contributed by atoms with van der Waals surface area (Å²) in [5, 5.41) is 3.94. The van der Waals surface area contributed by atoms with Crippen LogP contribution in [0.5, 0.6) is 0 Å². The average Bonchev–Trinajstić information content (AvgIpc) is 3.22. The standard InChI is InChI=1S/2C26H40O3S.Ba/c2*1-3-5-7-9-11-13-15-22-17-18-23-19-20-24(30(27,28)29)21-26(23)25(22)16-14-12-10-8-6-4-2;/h2*17-21H,3-16H2,1-2H3,(H,27,28,29);/q;;+2/p-2. The van der Waals surface area contributed by atoms with Gasteiger partial charge in [0.2, 0.25) is 0 Å². The summed E-state index contributed by atoms with van der Waals surface area (Å²) < 4.78 is 69.5. The fourth-order valence-electron chi connectivity index (χ4n) is 8.54. The molecule has 6 nitrogen and oxygen atoms in total. The number of unbranched alkanes of at least 4 members (excludes halogenated alkanes) is 20. The smallest absolute Gasteiger partial charge is 0.744 e. The van der Waals surface area contributed by atoms with Crippen molar-refractivity contribution in [3.8, 4) is 0 Å². The fourth-order valence-corrected chi connectivity index (χ4v) is 9.53. The molecule has 0 saturated carbocycles. The van der Waals surface area contributed by atoms with Crippen LogP contribution < -0.4 is 0 Å². The van der Waals surface area contributed by atoms with Crippen molar-refractivity contribution < 1.29 is 25.9 Å². The predicted molar refractivity (Wildman–Crippen MR) is 258 cm³/mol. The van der Waals surface area contributed by atoms with Gasteiger partial charge in [-0.15, -0.1) is 0 Å². The first-order chi connectivity index (χ1) is 28.9. The largest absolute Gasteiger partial charge is 2.00 e. The molecule has 0 aromatic heterocycles. The van der Waals surface area contributed by atoms with Crippen LogP contribution in [-0.4, -0.2) is 74.8 Å². The summed E-state index contributed by atoms with van der Waals surface area (Å²) >= 11 is 0. The first-order valence-corrected chi connectivity index (χ1v) is 26.8. The monoisotopic (exact) mass is 1000 g/mol. The van der Waals surface area contributed by atoms with Crippen molar-refractivity contribution in [1.29, 1.82) is 0 Å². The Bertz CT molecular complexity index is 1900. The molecule has 0 aliphatic carbocycles. The zero-order valence-electron chi connectivity index (χ0n) is 38.5. The SMILES string of the molecule is CCCCCCCCc1ccc2ccc(S(=O)(=O)[O-])cc2c1CCCCCCCC.CCCCCCCCc1ccc2ccc(S(=O)(=O)[O-])cc2c1CCCCCCCC.[Ba+2]. The van der Waals surface area contributed by atoms with Gasteiger partial charge in [-0.1, -0.05) is 193 Å². The van der Waals surface area contributed by atoms with Gasteiger partial charge in [-0.3, -0.25) is 0 Å². The summed E-state index contributed by atoms with van der Waals surface area (Å²) in [7, 11) is -8.88. The zero-order chi connectivity index (χ0) is 43.6. The van der Waals surface area contributed by atoms with Crippen molar-refractivity contribution in [3.63, 3.8) is 0 Å². The zero-order valence-corrected chi connectivity index (χ0v) is 44.6. The van der Waals surface area contributed by atoms with Crippen molar-refractivity contribution in [3.05, 3.63) is 82.9 Å². The molecule has 0 heterocycles. The van der Waals surface area contributed by atoms with Crippen LogP contribution >= 0.6 is 0 Å². The molecule has 0 atom stereocenters. The Morgan fingerprint density at radius 3 is 0.918 bits per heavy atom. The van der Waals surface area contributed by atoms with Crippen LogP contribution in [0, 0.1) is 0 Å². The second-order valence-corrected chi connectivity index (χ2v) is 19.9. The van der Waals surface area contributed by atoms with E-state index in [1.165, 1.54) is 163 Å². The Labute approximate surface area is 412 Å². The molecule has 0 unspecified atom stereocenters. The molecule has 0 fully saturated rings. The van der Waals surface area contributed by atoms with Gasteiger partial charge in [-0.05, 0) is 119 Å². The maximum Gasteiger partial charge on any atom is 2.00 e. The van der Waals surface area contributed by atoms with Crippen LogP contribution in [0.25, 0.3) is 21.5 Å². The molecular formula is C52H78BaO6S2. The molecule has 9 heteroatoms. The van der Waals surface area contributed by atoms with Crippen LogP contribution in [0.15, 0.2) is 70.5 Å². The number of benzene rings is 4. The van der Waals surface area contributed by atoms with E-state index in [2.05, 4.69) is 52.0 Å². The molecule has 0 N–H and O–H groups in total. The van der Waals surface area contributed by atoms with Gasteiger partial charge in [0.1, 0.15) is 20.2 Å². The predicted octanol–water partition coefficient (Wildman–Crippen LogP) is 14.7. The third-order valence-electron chi connectivity index (χ3n) is 12.1. The first-order valence-electron chi connectivity index (χ1n) is 23.9. The van der Waals surface area contributed by atoms with Crippen molar-refractivity contribution >= 4 is 90.7 Å². The number of aryl methyl sites for hydroxylation is 4. The Balaban J connectivity index is 0.000000413. The van der Waals surface area contributed by atoms with Gasteiger partial charge in [-0.2, -0.15) is 0 Å². The summed E-state index contributed by atoms with van der Waals surface area (Å²) in [4.78, 5) is -0.230. The van der Waals surface area contributed by atoms with Gasteiger partial charge in [0.25, 0.3) is 0 Å². The van der Waals surface area contributed by atoms with E-state index in [0.717, 1.165) is 72.9 Å². The van der Waals surface area contributed by atoms with Crippen LogP contribution in [-0.2, 0) is 45.9 Å². The Morgan fingerprint density at radius 2 is 0.623 bits per heavy atom. The van der Waals surface area contributed by atoms with Crippen LogP contribution in [0.1, 0.15) is 204 Å². The van der Waals surface area contributed by atoms with Gasteiger partial charge in [-0.25, -0.2) is 16.8 Å². The molecule has 4 aromatic rings. The average molecular weight is 1000 g/mol. The van der Waals surface area contributed by atoms with E-state index >= 15 is 0 Å². The molecule has 0 aliphatic rings. The third-order valence-corrected chi connectivity index (χ3v) is 13.8. The van der Waals surface area contributed by atoms with E-state index in [1.807, 2.05) is 0 Å². The Kier molecular flexibility index (Phi) is 29.0. The quantitative estimate of drug-likeness (QED) is 0.0292. The number of rotatable bonds is 30. The third kappa shape index (κ3) is 21.1. The second kappa shape index (κ2) is 31.6. The number of hydrogen-bond acceptors (Lipinski definition) is 6. The van der Waals surface area contributed by atoms with Crippen molar-refractivity contribution in [2.24, 2.45) is 0 Å². The maximum absolute atomic E-state index is 11.6. The first kappa shape index (κ1) is 55.9. The minimum Gasteiger partial charge on any atom is -0.744 e. The molecule has 4 rings (SSSR count). The summed E-state index contributed by atoms with van der Waals surface area (Å²) in [6, 6.07) is 18.2. The van der Waals surface area contributed by atoms with Crippen molar-refractivity contribution in [2.75, 3.05) is 0 Å². The molecular weight excluding hydrogens is 922 g/mol. The normalized spacial score (nSPS) is 11.8. The topological polar surface area (TPSA) is 114 Å². The Morgan fingerprint density at radius 1 is 0.361 bits per heavy atom. The van der Waals surface area contributed by atoms with Gasteiger partial charge < -0.3 is 9.11 Å². The fraction of sp³-hybridized carbons (Fsp3) is 0.615. The van der Waals surface area contributed by atoms with E-state index in [9.17, 15) is 25.9 Å². The molecule has 336 valence electrons. The minimum atomic E-state index is -4.44. The van der Waals surface area contributed by atoms with Crippen molar-refractivity contribution in [2.45, 2.75) is 217 Å². The van der Waals surface area contributed by atoms with Gasteiger partial charge >= 0.3 is 48.9 Å². The Hall–Kier alpha value is -1.21. The van der Waals surface area contributed by atoms with Crippen molar-refractivity contribution in [1.82, 2.24) is 0 Å². The van der Waals surface area contributed by atoms with E-state index in [-0.39, 0.29) is 58.7 Å². The second-order valence-electron chi connectivity index (χ2n) is 17.2. The number of fused-ring (bicyclic) bond motifs is 2. The van der Waals surface area contributed by atoms with Gasteiger partial charge in [0.05, 0.1) is 9.79 Å². The molecule has 0 bridgehead atoms. The van der Waals surface area contributed by atoms with Crippen LogP contribution in [0.2, 0.25) is 0 Å². The molecule has 0 aliphatic heterocycles. The molecule has 61 heavy (non-hydrogen) atoms. The molecule has 0 radical (unpaired) electrons. The molecule has 4 aromatic carbocycles. The van der Waals surface area contributed by atoms with E-state index in [4.69, 9.17) is 0 Å². The summed E-state index contributed by atoms with van der Waals surface area (Å²) in [6.45, 7) is 8.93. The van der Waals surface area contributed by atoms with E-state index in [0.29, 0.717) is 0 Å². The molecule has 0 amide bonds. The summed E-state index contributed by atoms with van der Waals surface area (Å²) in [5.74, 6) is 0. The molecule has 0 spiro atoms. The van der Waals surface area contributed by atoms with E-state index in [1.54, 1.807) is 24.3 Å². The minimum absolute atomic E-state index is 0. The van der Waals surface area contributed by atoms with Gasteiger partial charge in [0, 0.05) is 0 Å². The summed E-state index contributed by atoms with van der Waals surface area (Å²) in [6.07, 6.45) is 33.9. The van der Waals surface area contributed by atoms with Gasteiger partial charge in [0.15, 0.2) is 0 Å². The van der Waals surface area contributed by atoms with E-state index < -0.39 is 20.2 Å². The van der Waals surface area contributed by atoms with Crippen LogP contribution in [0.4, 0.5) is 0 Å². The maximum atomic E-state index is 11.6. The summed E-state index contributed by atoms with van der Waals surface area (Å²) in [5.41, 5.74) is 5.16. The molecule has 0 saturated heterocycles.